The minimum absolute atomic E-state index is 0.0424. The average molecular weight is 370 g/mol. The summed E-state index contributed by atoms with van der Waals surface area (Å²) in [4.78, 5) is 11.3. The lowest BCUT2D eigenvalue weighted by atomic mass is 10.0. The van der Waals surface area contributed by atoms with Crippen LogP contribution in [0.4, 0.5) is 0 Å². The largest absolute Gasteiger partial charge is 0.480 e. The maximum atomic E-state index is 11.3. The Morgan fingerprint density at radius 3 is 2.72 bits per heavy atom. The Labute approximate surface area is 154 Å². The van der Waals surface area contributed by atoms with E-state index in [0.29, 0.717) is 0 Å². The first-order valence-electron chi connectivity index (χ1n) is 7.94. The predicted octanol–water partition coefficient (Wildman–Crippen LogP) is 5.88. The number of hydrogen-bond donors (Lipinski definition) is 1. The number of aryl methyl sites for hydroxylation is 1. The zero-order valence-corrected chi connectivity index (χ0v) is 15.4. The van der Waals surface area contributed by atoms with E-state index in [-0.39, 0.29) is 6.54 Å². The third-order valence-electron chi connectivity index (χ3n) is 4.58. The molecule has 0 saturated carbocycles. The molecule has 1 N–H and O–H groups in total. The molecule has 126 valence electrons. The number of thiophene rings is 1. The van der Waals surface area contributed by atoms with E-state index in [1.54, 1.807) is 11.3 Å². The number of aliphatic carboxylic acids is 1. The monoisotopic (exact) mass is 369 g/mol. The number of carboxylic acids is 1. The van der Waals surface area contributed by atoms with Gasteiger partial charge in [0.05, 0.1) is 0 Å². The molecule has 0 aliphatic heterocycles. The Hall–Kier alpha value is -2.30. The van der Waals surface area contributed by atoms with Crippen LogP contribution in [0.3, 0.4) is 0 Å². The van der Waals surface area contributed by atoms with Crippen LogP contribution < -0.4 is 0 Å². The van der Waals surface area contributed by atoms with Gasteiger partial charge in [0.1, 0.15) is 6.54 Å². The fraction of sp³-hybridized carbons (Fsp3) is 0.150. The van der Waals surface area contributed by atoms with Gasteiger partial charge in [0.2, 0.25) is 0 Å². The summed E-state index contributed by atoms with van der Waals surface area (Å²) in [6, 6.07) is 12.1. The molecule has 25 heavy (non-hydrogen) atoms. The van der Waals surface area contributed by atoms with Crippen molar-refractivity contribution in [3.05, 3.63) is 58.1 Å². The zero-order valence-electron chi connectivity index (χ0n) is 13.8. The lowest BCUT2D eigenvalue weighted by Gasteiger charge is -2.05. The Morgan fingerprint density at radius 2 is 1.96 bits per heavy atom. The van der Waals surface area contributed by atoms with Crippen molar-refractivity contribution in [2.45, 2.75) is 20.4 Å². The minimum Gasteiger partial charge on any atom is -0.480 e. The van der Waals surface area contributed by atoms with E-state index in [9.17, 15) is 9.90 Å². The van der Waals surface area contributed by atoms with Gasteiger partial charge in [-0.3, -0.25) is 4.79 Å². The molecule has 0 aliphatic carbocycles. The van der Waals surface area contributed by atoms with E-state index in [0.717, 1.165) is 48.4 Å². The van der Waals surface area contributed by atoms with Gasteiger partial charge in [-0.15, -0.1) is 11.3 Å². The highest BCUT2D eigenvalue weighted by atomic mass is 35.5. The van der Waals surface area contributed by atoms with Crippen LogP contribution >= 0.6 is 22.9 Å². The van der Waals surface area contributed by atoms with Crippen LogP contribution in [0.25, 0.3) is 32.1 Å². The summed E-state index contributed by atoms with van der Waals surface area (Å²) in [6.07, 6.45) is 0. The Balaban J connectivity index is 2.08. The summed E-state index contributed by atoms with van der Waals surface area (Å²) in [5.41, 5.74) is 5.32. The third-order valence-corrected chi connectivity index (χ3v) is 5.76. The van der Waals surface area contributed by atoms with Crippen LogP contribution in [0, 0.1) is 13.8 Å². The highest BCUT2D eigenvalue weighted by molar-refractivity contribution is 7.17. The second kappa shape index (κ2) is 5.90. The quantitative estimate of drug-likeness (QED) is 0.490. The second-order valence-corrected chi connectivity index (χ2v) is 7.60. The molecule has 0 fully saturated rings. The SMILES string of the molecule is Cc1ccc2c(c1)c(-c1csc3cc(Cl)ccc13)c(C)n2CC(=O)O. The number of carbonyl (C=O) groups is 1. The lowest BCUT2D eigenvalue weighted by molar-refractivity contribution is -0.137. The van der Waals surface area contributed by atoms with E-state index in [1.807, 2.05) is 41.8 Å². The summed E-state index contributed by atoms with van der Waals surface area (Å²) in [7, 11) is 0. The molecule has 0 bridgehead atoms. The zero-order chi connectivity index (χ0) is 17.7. The molecule has 0 saturated heterocycles. The third kappa shape index (κ3) is 2.62. The van der Waals surface area contributed by atoms with Crippen molar-refractivity contribution in [1.29, 1.82) is 0 Å². The molecule has 0 amide bonds. The van der Waals surface area contributed by atoms with Crippen LogP contribution in [0.1, 0.15) is 11.3 Å². The first kappa shape index (κ1) is 16.2. The molecule has 3 nitrogen and oxygen atoms in total. The number of carboxylic acid groups (broad SMARTS) is 1. The van der Waals surface area contributed by atoms with Crippen LogP contribution in [0.5, 0.6) is 0 Å². The highest BCUT2D eigenvalue weighted by Crippen LogP contribution is 2.41. The van der Waals surface area contributed by atoms with Crippen molar-refractivity contribution in [2.24, 2.45) is 0 Å². The van der Waals surface area contributed by atoms with Crippen molar-refractivity contribution < 1.29 is 9.90 Å². The van der Waals surface area contributed by atoms with Gasteiger partial charge >= 0.3 is 5.97 Å². The first-order chi connectivity index (χ1) is 12.0. The van der Waals surface area contributed by atoms with Gasteiger partial charge in [-0.25, -0.2) is 0 Å². The molecule has 0 aliphatic rings. The maximum Gasteiger partial charge on any atom is 0.323 e. The molecular formula is C20H16ClNO2S. The summed E-state index contributed by atoms with van der Waals surface area (Å²) >= 11 is 7.78. The van der Waals surface area contributed by atoms with Crippen LogP contribution in [-0.4, -0.2) is 15.6 Å². The van der Waals surface area contributed by atoms with Crippen molar-refractivity contribution in [3.8, 4) is 11.1 Å². The fourth-order valence-corrected chi connectivity index (χ4v) is 4.70. The molecule has 4 rings (SSSR count). The number of nitrogens with zero attached hydrogens (tertiary/aromatic N) is 1. The number of benzene rings is 2. The lowest BCUT2D eigenvalue weighted by Crippen LogP contribution is -2.09. The van der Waals surface area contributed by atoms with E-state index in [1.165, 1.54) is 0 Å². The molecule has 0 spiro atoms. The Kier molecular flexibility index (Phi) is 3.82. The first-order valence-corrected chi connectivity index (χ1v) is 9.20. The molecule has 2 aromatic heterocycles. The van der Waals surface area contributed by atoms with Crippen molar-refractivity contribution in [2.75, 3.05) is 0 Å². The number of aromatic nitrogens is 1. The van der Waals surface area contributed by atoms with Crippen LogP contribution in [0.2, 0.25) is 5.02 Å². The number of fused-ring (bicyclic) bond motifs is 2. The summed E-state index contributed by atoms with van der Waals surface area (Å²) in [5.74, 6) is -0.839. The Morgan fingerprint density at radius 1 is 1.16 bits per heavy atom. The standard InChI is InChI=1S/C20H16ClNO2S/c1-11-3-6-17-15(7-11)20(12(2)22(17)9-19(23)24)16-10-25-18-8-13(21)4-5-14(16)18/h3-8,10H,9H2,1-2H3,(H,23,24). The molecular weight excluding hydrogens is 354 g/mol. The van der Waals surface area contributed by atoms with Crippen molar-refractivity contribution in [1.82, 2.24) is 4.57 Å². The van der Waals surface area contributed by atoms with Gasteiger partial charge < -0.3 is 9.67 Å². The van der Waals surface area contributed by atoms with Gasteiger partial charge in [-0.05, 0) is 43.5 Å². The van der Waals surface area contributed by atoms with Gasteiger partial charge in [-0.2, -0.15) is 0 Å². The summed E-state index contributed by atoms with van der Waals surface area (Å²) in [5, 5.41) is 14.4. The minimum atomic E-state index is -0.839. The van der Waals surface area contributed by atoms with Crippen LogP contribution in [0.15, 0.2) is 41.8 Å². The molecule has 2 aromatic carbocycles. The number of hydrogen-bond acceptors (Lipinski definition) is 2. The molecule has 5 heteroatoms. The molecule has 0 radical (unpaired) electrons. The number of rotatable bonds is 3. The van der Waals surface area contributed by atoms with E-state index in [4.69, 9.17) is 11.6 Å². The van der Waals surface area contributed by atoms with E-state index >= 15 is 0 Å². The molecule has 2 heterocycles. The van der Waals surface area contributed by atoms with Crippen LogP contribution in [-0.2, 0) is 11.3 Å². The summed E-state index contributed by atoms with van der Waals surface area (Å²) in [6.45, 7) is 4.00. The van der Waals surface area contributed by atoms with E-state index in [2.05, 4.69) is 18.4 Å². The topological polar surface area (TPSA) is 42.2 Å². The number of halogens is 1. The summed E-state index contributed by atoms with van der Waals surface area (Å²) < 4.78 is 3.01. The molecule has 0 atom stereocenters. The van der Waals surface area contributed by atoms with Crippen molar-refractivity contribution >= 4 is 49.9 Å². The normalized spacial score (nSPS) is 11.5. The molecule has 4 aromatic rings. The predicted molar refractivity (Wildman–Crippen MR) is 105 cm³/mol. The van der Waals surface area contributed by atoms with Crippen molar-refractivity contribution in [3.63, 3.8) is 0 Å². The van der Waals surface area contributed by atoms with Gasteiger partial charge in [0.15, 0.2) is 0 Å². The van der Waals surface area contributed by atoms with Gasteiger partial charge in [-0.1, -0.05) is 29.3 Å². The average Bonchev–Trinajstić information content (AvgIpc) is 3.06. The molecule has 0 unspecified atom stereocenters. The van der Waals surface area contributed by atoms with Gasteiger partial charge in [0.25, 0.3) is 0 Å². The highest BCUT2D eigenvalue weighted by Gasteiger charge is 2.19. The Bertz CT molecular complexity index is 1140. The smallest absolute Gasteiger partial charge is 0.323 e. The van der Waals surface area contributed by atoms with E-state index < -0.39 is 5.97 Å². The fourth-order valence-electron chi connectivity index (χ4n) is 3.47. The van der Waals surface area contributed by atoms with Gasteiger partial charge in [0, 0.05) is 42.8 Å². The maximum absolute atomic E-state index is 11.3. The second-order valence-electron chi connectivity index (χ2n) is 6.25.